The number of rotatable bonds is 8. The summed E-state index contributed by atoms with van der Waals surface area (Å²) < 4.78 is 32.1. The maximum atomic E-state index is 12.7. The highest BCUT2D eigenvalue weighted by molar-refractivity contribution is 7.89. The highest BCUT2D eigenvalue weighted by atomic mass is 32.2. The van der Waals surface area contributed by atoms with Crippen molar-refractivity contribution in [2.75, 3.05) is 19.7 Å². The van der Waals surface area contributed by atoms with Crippen molar-refractivity contribution < 1.29 is 23.1 Å². The maximum Gasteiger partial charge on any atom is 0.306 e. The number of sulfonamides is 1. The molecule has 9 nitrogen and oxygen atoms in total. The summed E-state index contributed by atoms with van der Waals surface area (Å²) in [6, 6.07) is 15.6. The van der Waals surface area contributed by atoms with Gasteiger partial charge in [-0.3, -0.25) is 4.79 Å². The van der Waals surface area contributed by atoms with E-state index in [2.05, 4.69) is 9.97 Å². The fraction of sp³-hybridized carbons (Fsp3) is 0.320. The number of hydrogen-bond acceptors (Lipinski definition) is 7. The van der Waals surface area contributed by atoms with E-state index in [1.165, 1.54) is 4.31 Å². The molecule has 2 heterocycles. The molecule has 1 saturated heterocycles. The van der Waals surface area contributed by atoms with Gasteiger partial charge in [-0.1, -0.05) is 30.7 Å². The molecule has 0 unspecified atom stereocenters. The number of nitriles is 1. The number of aliphatic hydroxyl groups is 1. The minimum atomic E-state index is -3.50. The number of H-pyrrole nitrogens is 1. The summed E-state index contributed by atoms with van der Waals surface area (Å²) in [6.07, 6.45) is 3.18. The van der Waals surface area contributed by atoms with Crippen molar-refractivity contribution in [1.29, 1.82) is 5.26 Å². The van der Waals surface area contributed by atoms with Crippen LogP contribution in [0.4, 0.5) is 0 Å². The number of nitrogens with zero attached hydrogens (tertiary/aromatic N) is 3. The lowest BCUT2D eigenvalue weighted by atomic mass is 10.1. The van der Waals surface area contributed by atoms with Crippen molar-refractivity contribution in [2.45, 2.75) is 37.0 Å². The van der Waals surface area contributed by atoms with Crippen molar-refractivity contribution in [1.82, 2.24) is 14.3 Å². The average molecular weight is 495 g/mol. The van der Waals surface area contributed by atoms with Crippen LogP contribution in [-0.2, 0) is 26.0 Å². The molecule has 4 rings (SSSR count). The first-order chi connectivity index (χ1) is 16.9. The largest absolute Gasteiger partial charge is 0.507 e. The summed E-state index contributed by atoms with van der Waals surface area (Å²) in [5, 5.41) is 19.7. The number of ether oxygens (including phenoxy) is 1. The van der Waals surface area contributed by atoms with E-state index in [0.717, 1.165) is 30.3 Å². The van der Waals surface area contributed by atoms with E-state index >= 15 is 0 Å². The minimum Gasteiger partial charge on any atom is -0.507 e. The van der Waals surface area contributed by atoms with E-state index in [0.29, 0.717) is 25.0 Å². The van der Waals surface area contributed by atoms with Crippen LogP contribution >= 0.6 is 0 Å². The predicted molar refractivity (Wildman–Crippen MR) is 130 cm³/mol. The lowest BCUT2D eigenvalue weighted by Crippen LogP contribution is -2.35. The van der Waals surface area contributed by atoms with E-state index < -0.39 is 28.4 Å². The van der Waals surface area contributed by atoms with Gasteiger partial charge >= 0.3 is 5.97 Å². The van der Waals surface area contributed by atoms with Crippen molar-refractivity contribution in [3.63, 3.8) is 0 Å². The number of nitrogens with one attached hydrogen (secondary N) is 1. The van der Waals surface area contributed by atoms with Crippen LogP contribution in [0.5, 0.6) is 0 Å². The Hall–Kier alpha value is -3.68. The van der Waals surface area contributed by atoms with Crippen LogP contribution in [0.3, 0.4) is 0 Å². The number of aromatic amines is 1. The number of benzene rings is 2. The zero-order valence-corrected chi connectivity index (χ0v) is 19.9. The second kappa shape index (κ2) is 10.7. The number of esters is 1. The zero-order valence-electron chi connectivity index (χ0n) is 19.1. The summed E-state index contributed by atoms with van der Waals surface area (Å²) in [5.74, 6) is -0.752. The summed E-state index contributed by atoms with van der Waals surface area (Å²) in [7, 11) is -3.50. The molecule has 1 aliphatic heterocycles. The third-order valence-electron chi connectivity index (χ3n) is 5.89. The molecule has 0 saturated carbocycles. The molecule has 0 spiro atoms. The summed E-state index contributed by atoms with van der Waals surface area (Å²) in [6.45, 7) is 0.633. The van der Waals surface area contributed by atoms with Gasteiger partial charge in [0.25, 0.3) is 0 Å². The topological polar surface area (TPSA) is 136 Å². The Balaban J connectivity index is 1.32. The Morgan fingerprint density at radius 3 is 2.51 bits per heavy atom. The van der Waals surface area contributed by atoms with Gasteiger partial charge in [0.1, 0.15) is 18.2 Å². The average Bonchev–Trinajstić information content (AvgIpc) is 3.31. The van der Waals surface area contributed by atoms with Gasteiger partial charge in [0.2, 0.25) is 10.0 Å². The first-order valence-electron chi connectivity index (χ1n) is 11.4. The maximum absolute atomic E-state index is 12.7. The van der Waals surface area contributed by atoms with Gasteiger partial charge in [-0.05, 0) is 49.1 Å². The first kappa shape index (κ1) is 24.4. The van der Waals surface area contributed by atoms with Crippen LogP contribution < -0.4 is 0 Å². The van der Waals surface area contributed by atoms with E-state index in [-0.39, 0.29) is 22.7 Å². The lowest BCUT2D eigenvalue weighted by Gasteiger charge is -2.25. The zero-order chi connectivity index (χ0) is 24.8. The summed E-state index contributed by atoms with van der Waals surface area (Å²) >= 11 is 0. The van der Waals surface area contributed by atoms with Gasteiger partial charge in [0.05, 0.1) is 15.9 Å². The minimum absolute atomic E-state index is 0.0397. The fourth-order valence-electron chi connectivity index (χ4n) is 3.95. The van der Waals surface area contributed by atoms with Crippen LogP contribution in [0.25, 0.3) is 16.6 Å². The van der Waals surface area contributed by atoms with E-state index in [9.17, 15) is 23.6 Å². The van der Waals surface area contributed by atoms with Crippen LogP contribution in [0.1, 0.15) is 37.1 Å². The first-order valence-corrected chi connectivity index (χ1v) is 12.8. The molecule has 2 N–H and O–H groups in total. The normalized spacial score (nSPS) is 15.4. The van der Waals surface area contributed by atoms with Crippen LogP contribution in [0.15, 0.2) is 59.2 Å². The lowest BCUT2D eigenvalue weighted by molar-refractivity contribution is -0.143. The summed E-state index contributed by atoms with van der Waals surface area (Å²) in [4.78, 5) is 19.7. The number of aliphatic hydroxyl groups excluding tert-OH is 1. The third-order valence-corrected chi connectivity index (χ3v) is 7.80. The Bertz CT molecular complexity index is 1350. The molecule has 0 aliphatic carbocycles. The van der Waals surface area contributed by atoms with Gasteiger partial charge in [0, 0.05) is 19.5 Å². The third kappa shape index (κ3) is 5.70. The van der Waals surface area contributed by atoms with Crippen LogP contribution in [0, 0.1) is 11.3 Å². The van der Waals surface area contributed by atoms with Gasteiger partial charge < -0.3 is 14.8 Å². The number of hydrogen-bond donors (Lipinski definition) is 2. The van der Waals surface area contributed by atoms with E-state index in [1.807, 2.05) is 18.2 Å². The molecular formula is C25H26N4O5S. The molecule has 0 atom stereocenters. The second-order valence-electron chi connectivity index (χ2n) is 8.31. The van der Waals surface area contributed by atoms with Crippen LogP contribution in [0.2, 0.25) is 0 Å². The molecule has 0 bridgehead atoms. The molecule has 10 heteroatoms. The standard InChI is InChI=1S/C25H26N4O5S/c26-16-20(25-27-21-6-2-3-7-22(21)28-25)23(30)17-34-24(31)13-10-18-8-11-19(12-9-18)35(32,33)29-14-4-1-5-15-29/h2-3,6-9,11-12,30H,1,4-5,10,13-15,17H2,(H,27,28)/b23-20+. The van der Waals surface area contributed by atoms with Crippen molar-refractivity contribution >= 4 is 32.6 Å². The number of aryl methyl sites for hydroxylation is 1. The Morgan fingerprint density at radius 2 is 1.83 bits per heavy atom. The Labute approximate surface area is 203 Å². The number of piperidine rings is 1. The van der Waals surface area contributed by atoms with E-state index in [4.69, 9.17) is 4.74 Å². The molecule has 3 aromatic rings. The number of para-hydroxylation sites is 2. The van der Waals surface area contributed by atoms with Crippen molar-refractivity contribution in [2.24, 2.45) is 0 Å². The second-order valence-corrected chi connectivity index (χ2v) is 10.2. The highest BCUT2D eigenvalue weighted by Crippen LogP contribution is 2.22. The molecule has 35 heavy (non-hydrogen) atoms. The van der Waals surface area contributed by atoms with Gasteiger partial charge in [0.15, 0.2) is 11.6 Å². The summed E-state index contributed by atoms with van der Waals surface area (Å²) in [5.41, 5.74) is 2.06. The fourth-order valence-corrected chi connectivity index (χ4v) is 5.46. The molecule has 0 radical (unpaired) electrons. The van der Waals surface area contributed by atoms with Crippen LogP contribution in [-0.4, -0.2) is 53.5 Å². The SMILES string of the molecule is N#C/C(=C(\O)COC(=O)CCc1ccc(S(=O)(=O)N2CCCCC2)cc1)c1nc2ccccc2[nH]1. The number of aromatic nitrogens is 2. The quantitative estimate of drug-likeness (QED) is 0.277. The van der Waals surface area contributed by atoms with Crippen molar-refractivity contribution in [3.8, 4) is 6.07 Å². The van der Waals surface area contributed by atoms with Gasteiger partial charge in [-0.15, -0.1) is 0 Å². The predicted octanol–water partition coefficient (Wildman–Crippen LogP) is 3.71. The molecule has 182 valence electrons. The molecule has 0 amide bonds. The smallest absolute Gasteiger partial charge is 0.306 e. The number of carbonyl (C=O) groups is 1. The number of imidazole rings is 1. The van der Waals surface area contributed by atoms with Gasteiger partial charge in [-0.2, -0.15) is 9.57 Å². The molecular weight excluding hydrogens is 468 g/mol. The highest BCUT2D eigenvalue weighted by Gasteiger charge is 2.25. The number of carbonyl (C=O) groups excluding carboxylic acids is 1. The Morgan fingerprint density at radius 1 is 1.11 bits per heavy atom. The van der Waals surface area contributed by atoms with Crippen molar-refractivity contribution in [3.05, 3.63) is 65.7 Å². The monoisotopic (exact) mass is 494 g/mol. The molecule has 1 fully saturated rings. The van der Waals surface area contributed by atoms with E-state index in [1.54, 1.807) is 36.4 Å². The molecule has 1 aromatic heterocycles. The Kier molecular flexibility index (Phi) is 7.48. The number of allylic oxidation sites excluding steroid dienone is 1. The number of fused-ring (bicyclic) bond motifs is 1. The van der Waals surface area contributed by atoms with Gasteiger partial charge in [-0.25, -0.2) is 13.4 Å². The molecule has 1 aliphatic rings. The molecule has 2 aromatic carbocycles.